The number of rotatable bonds is 6. The van der Waals surface area contributed by atoms with Crippen molar-refractivity contribution in [1.29, 1.82) is 0 Å². The molecule has 5 heteroatoms. The summed E-state index contributed by atoms with van der Waals surface area (Å²) in [6, 6.07) is 0. The molecule has 5 nitrogen and oxygen atoms in total. The Balaban J connectivity index is 1.92. The summed E-state index contributed by atoms with van der Waals surface area (Å²) in [7, 11) is 4.29. The van der Waals surface area contributed by atoms with Gasteiger partial charge in [-0.15, -0.1) is 0 Å². The molecule has 0 radical (unpaired) electrons. The lowest BCUT2D eigenvalue weighted by Crippen LogP contribution is -2.28. The molecule has 2 heterocycles. The molecule has 1 aromatic heterocycles. The molecular weight excluding hydrogens is 238 g/mol. The fourth-order valence-electron chi connectivity index (χ4n) is 2.53. The Labute approximate surface area is 116 Å². The van der Waals surface area contributed by atoms with Crippen molar-refractivity contribution in [3.63, 3.8) is 0 Å². The van der Waals surface area contributed by atoms with E-state index in [1.807, 2.05) is 6.20 Å². The van der Waals surface area contributed by atoms with Crippen LogP contribution in [0, 0.1) is 5.92 Å². The third-order valence-corrected chi connectivity index (χ3v) is 3.59. The molecule has 1 atom stereocenters. The van der Waals surface area contributed by atoms with Gasteiger partial charge in [-0.1, -0.05) is 6.92 Å². The smallest absolute Gasteiger partial charge is 0.149 e. The van der Waals surface area contributed by atoms with E-state index in [0.717, 1.165) is 37.1 Å². The topological polar surface area (TPSA) is 44.3 Å². The fraction of sp³-hybridized carbons (Fsp3) is 0.714. The predicted molar refractivity (Wildman–Crippen MR) is 79.7 cm³/mol. The third-order valence-electron chi connectivity index (χ3n) is 3.59. The maximum Gasteiger partial charge on any atom is 0.149 e. The number of anilines is 2. The lowest BCUT2D eigenvalue weighted by Gasteiger charge is -2.22. The predicted octanol–water partition coefficient (Wildman–Crippen LogP) is 1.69. The van der Waals surface area contributed by atoms with Crippen LogP contribution in [0.25, 0.3) is 0 Å². The minimum Gasteiger partial charge on any atom is -0.369 e. The first-order chi connectivity index (χ1) is 9.19. The summed E-state index contributed by atoms with van der Waals surface area (Å²) in [5.41, 5.74) is 0. The van der Waals surface area contributed by atoms with E-state index in [1.165, 1.54) is 19.5 Å². The van der Waals surface area contributed by atoms with E-state index in [1.54, 1.807) is 6.20 Å². The maximum absolute atomic E-state index is 4.61. The Morgan fingerprint density at radius 1 is 1.47 bits per heavy atom. The summed E-state index contributed by atoms with van der Waals surface area (Å²) in [6.07, 6.45) is 6.00. The lowest BCUT2D eigenvalue weighted by molar-refractivity contribution is 0.395. The van der Waals surface area contributed by atoms with Crippen LogP contribution in [-0.4, -0.2) is 55.1 Å². The largest absolute Gasteiger partial charge is 0.369 e. The van der Waals surface area contributed by atoms with Crippen LogP contribution < -0.4 is 10.2 Å². The zero-order valence-electron chi connectivity index (χ0n) is 12.3. The summed E-state index contributed by atoms with van der Waals surface area (Å²) in [6.45, 7) is 6.53. The highest BCUT2D eigenvalue weighted by Gasteiger charge is 2.21. The van der Waals surface area contributed by atoms with Crippen LogP contribution in [0.3, 0.4) is 0 Å². The van der Waals surface area contributed by atoms with Gasteiger partial charge in [-0.05, 0) is 32.4 Å². The maximum atomic E-state index is 4.61. The van der Waals surface area contributed by atoms with E-state index in [0.29, 0.717) is 0 Å². The van der Waals surface area contributed by atoms with Gasteiger partial charge in [0.25, 0.3) is 0 Å². The molecule has 1 fully saturated rings. The molecule has 106 valence electrons. The van der Waals surface area contributed by atoms with Crippen molar-refractivity contribution in [1.82, 2.24) is 14.9 Å². The van der Waals surface area contributed by atoms with Crippen molar-refractivity contribution < 1.29 is 0 Å². The van der Waals surface area contributed by atoms with Crippen LogP contribution in [0.15, 0.2) is 12.4 Å². The van der Waals surface area contributed by atoms with Crippen molar-refractivity contribution in [3.05, 3.63) is 12.4 Å². The van der Waals surface area contributed by atoms with E-state index >= 15 is 0 Å². The first-order valence-corrected chi connectivity index (χ1v) is 7.14. The first-order valence-electron chi connectivity index (χ1n) is 7.14. The standard InChI is InChI=1S/C14H25N5/c1-4-6-16-13-8-15-9-14(17-13)19(3)11-12-5-7-18(2)10-12/h8-9,12H,4-7,10-11H2,1-3H3,(H,16,17). The molecule has 0 amide bonds. The number of nitrogens with one attached hydrogen (secondary N) is 1. The average Bonchev–Trinajstić information content (AvgIpc) is 2.82. The fourth-order valence-corrected chi connectivity index (χ4v) is 2.53. The normalized spacial score (nSPS) is 19.6. The van der Waals surface area contributed by atoms with E-state index in [9.17, 15) is 0 Å². The Morgan fingerprint density at radius 2 is 2.32 bits per heavy atom. The molecule has 0 bridgehead atoms. The summed E-state index contributed by atoms with van der Waals surface area (Å²) >= 11 is 0. The molecular formula is C14H25N5. The van der Waals surface area contributed by atoms with Gasteiger partial charge < -0.3 is 15.1 Å². The molecule has 0 aromatic carbocycles. The molecule has 1 unspecified atom stereocenters. The van der Waals surface area contributed by atoms with E-state index in [-0.39, 0.29) is 0 Å². The molecule has 1 aromatic rings. The number of hydrogen-bond donors (Lipinski definition) is 1. The Kier molecular flexibility index (Phi) is 4.96. The lowest BCUT2D eigenvalue weighted by atomic mass is 10.1. The zero-order valence-corrected chi connectivity index (χ0v) is 12.3. The number of likely N-dealkylation sites (tertiary alicyclic amines) is 1. The molecule has 1 aliphatic rings. The molecule has 2 rings (SSSR count). The second-order valence-corrected chi connectivity index (χ2v) is 5.49. The zero-order chi connectivity index (χ0) is 13.7. The molecule has 19 heavy (non-hydrogen) atoms. The van der Waals surface area contributed by atoms with Crippen LogP contribution in [-0.2, 0) is 0 Å². The van der Waals surface area contributed by atoms with Gasteiger partial charge in [-0.2, -0.15) is 0 Å². The first kappa shape index (κ1) is 14.1. The number of hydrogen-bond acceptors (Lipinski definition) is 5. The van der Waals surface area contributed by atoms with Crippen LogP contribution >= 0.6 is 0 Å². The molecule has 1 saturated heterocycles. The molecule has 1 aliphatic heterocycles. The second-order valence-electron chi connectivity index (χ2n) is 5.49. The van der Waals surface area contributed by atoms with Gasteiger partial charge >= 0.3 is 0 Å². The van der Waals surface area contributed by atoms with Crippen molar-refractivity contribution >= 4 is 11.6 Å². The molecule has 0 saturated carbocycles. The molecule has 0 spiro atoms. The summed E-state index contributed by atoms with van der Waals surface area (Å²) in [5, 5.41) is 3.28. The van der Waals surface area contributed by atoms with Crippen molar-refractivity contribution in [3.8, 4) is 0 Å². The monoisotopic (exact) mass is 263 g/mol. The van der Waals surface area contributed by atoms with E-state index < -0.39 is 0 Å². The Bertz CT molecular complexity index is 395. The van der Waals surface area contributed by atoms with Crippen LogP contribution in [0.5, 0.6) is 0 Å². The quantitative estimate of drug-likeness (QED) is 0.846. The Hall–Kier alpha value is -1.36. The average molecular weight is 263 g/mol. The van der Waals surface area contributed by atoms with E-state index in [4.69, 9.17) is 0 Å². The number of aromatic nitrogens is 2. The van der Waals surface area contributed by atoms with Crippen molar-refractivity contribution in [2.45, 2.75) is 19.8 Å². The summed E-state index contributed by atoms with van der Waals surface area (Å²) in [4.78, 5) is 13.5. The molecule has 1 N–H and O–H groups in total. The SMILES string of the molecule is CCCNc1cncc(N(C)CC2CCN(C)C2)n1. The number of nitrogens with zero attached hydrogens (tertiary/aromatic N) is 4. The van der Waals surface area contributed by atoms with E-state index in [2.05, 4.69) is 46.1 Å². The van der Waals surface area contributed by atoms with Gasteiger partial charge in [0.05, 0.1) is 12.4 Å². The minimum atomic E-state index is 0.740. The highest BCUT2D eigenvalue weighted by Crippen LogP contribution is 2.18. The summed E-state index contributed by atoms with van der Waals surface area (Å²) < 4.78 is 0. The third kappa shape index (κ3) is 4.06. The summed E-state index contributed by atoms with van der Waals surface area (Å²) in [5.74, 6) is 2.56. The minimum absolute atomic E-state index is 0.740. The van der Waals surface area contributed by atoms with Crippen LogP contribution in [0.4, 0.5) is 11.6 Å². The van der Waals surface area contributed by atoms with Gasteiger partial charge in [0, 0.05) is 26.7 Å². The Morgan fingerprint density at radius 3 is 3.00 bits per heavy atom. The van der Waals surface area contributed by atoms with Crippen LogP contribution in [0.1, 0.15) is 19.8 Å². The van der Waals surface area contributed by atoms with Crippen molar-refractivity contribution in [2.24, 2.45) is 5.92 Å². The van der Waals surface area contributed by atoms with Gasteiger partial charge in [0.2, 0.25) is 0 Å². The van der Waals surface area contributed by atoms with Gasteiger partial charge in [-0.25, -0.2) is 4.98 Å². The van der Waals surface area contributed by atoms with Gasteiger partial charge in [-0.3, -0.25) is 4.98 Å². The second kappa shape index (κ2) is 6.70. The van der Waals surface area contributed by atoms with Gasteiger partial charge in [0.15, 0.2) is 0 Å². The highest BCUT2D eigenvalue weighted by atomic mass is 15.2. The van der Waals surface area contributed by atoms with Crippen molar-refractivity contribution in [2.75, 3.05) is 50.5 Å². The molecule has 0 aliphatic carbocycles. The van der Waals surface area contributed by atoms with Crippen LogP contribution in [0.2, 0.25) is 0 Å². The van der Waals surface area contributed by atoms with Gasteiger partial charge in [0.1, 0.15) is 11.6 Å². The highest BCUT2D eigenvalue weighted by molar-refractivity contribution is 5.43.